The molecule has 0 aliphatic carbocycles. The SMILES string of the molecule is C=C[Si](Cl)(Cl)CI. The van der Waals surface area contributed by atoms with Gasteiger partial charge in [-0.15, -0.1) is 28.7 Å². The number of hydrogen-bond donors (Lipinski definition) is 0. The number of hydrogen-bond acceptors (Lipinski definition) is 0. The van der Waals surface area contributed by atoms with Crippen LogP contribution in [-0.2, 0) is 0 Å². The van der Waals surface area contributed by atoms with Gasteiger partial charge in [0.1, 0.15) is 0 Å². The average molecular weight is 267 g/mol. The molecule has 0 rings (SSSR count). The Balaban J connectivity index is 3.58. The Morgan fingerprint density at radius 2 is 2.14 bits per heavy atom. The van der Waals surface area contributed by atoms with E-state index in [0.717, 1.165) is 4.05 Å². The first kappa shape index (κ1) is 8.27. The molecule has 42 valence electrons. The summed E-state index contributed by atoms with van der Waals surface area (Å²) >= 11 is 13.5. The summed E-state index contributed by atoms with van der Waals surface area (Å²) in [5.41, 5.74) is 1.66. The van der Waals surface area contributed by atoms with Gasteiger partial charge >= 0.3 is 0 Å². The van der Waals surface area contributed by atoms with E-state index in [-0.39, 0.29) is 0 Å². The van der Waals surface area contributed by atoms with Crippen LogP contribution in [-0.4, -0.2) is 10.7 Å². The van der Waals surface area contributed by atoms with E-state index >= 15 is 0 Å². The van der Waals surface area contributed by atoms with Gasteiger partial charge in [0, 0.05) is 4.05 Å². The van der Waals surface area contributed by atoms with Gasteiger partial charge in [-0.05, 0) is 0 Å². The zero-order chi connectivity index (χ0) is 5.91. The van der Waals surface area contributed by atoms with Crippen LogP contribution in [0, 0.1) is 0 Å². The molecule has 0 spiro atoms. The lowest BCUT2D eigenvalue weighted by molar-refractivity contribution is 2.17. The first-order valence-electron chi connectivity index (χ1n) is 1.70. The minimum Gasteiger partial charge on any atom is -0.140 e. The smallest absolute Gasteiger partial charge is 0.140 e. The summed E-state index contributed by atoms with van der Waals surface area (Å²) < 4.78 is 0.817. The first-order chi connectivity index (χ1) is 3.12. The van der Waals surface area contributed by atoms with E-state index in [4.69, 9.17) is 22.2 Å². The van der Waals surface area contributed by atoms with Crippen LogP contribution in [0.15, 0.2) is 12.3 Å². The Morgan fingerprint density at radius 1 is 1.71 bits per heavy atom. The molecule has 7 heavy (non-hydrogen) atoms. The zero-order valence-corrected chi connectivity index (χ0v) is 8.29. The molecule has 0 amide bonds. The molecular formula is C3H5Cl2ISi. The van der Waals surface area contributed by atoms with Gasteiger partial charge in [0.15, 0.2) is 0 Å². The number of rotatable bonds is 2. The molecule has 0 aliphatic heterocycles. The molecular weight excluding hydrogens is 262 g/mol. The highest BCUT2D eigenvalue weighted by atomic mass is 127. The van der Waals surface area contributed by atoms with Crippen molar-refractivity contribution in [1.29, 1.82) is 0 Å². The second-order valence-electron chi connectivity index (χ2n) is 1.10. The van der Waals surface area contributed by atoms with E-state index in [1.807, 2.05) is 0 Å². The maximum atomic E-state index is 5.68. The fourth-order valence-electron chi connectivity index (χ4n) is 0.0546. The van der Waals surface area contributed by atoms with E-state index in [2.05, 4.69) is 29.2 Å². The fraction of sp³-hybridized carbons (Fsp3) is 0.333. The molecule has 0 aliphatic rings. The van der Waals surface area contributed by atoms with Crippen LogP contribution in [0.4, 0.5) is 0 Å². The van der Waals surface area contributed by atoms with E-state index in [0.29, 0.717) is 0 Å². The lowest BCUT2D eigenvalue weighted by Gasteiger charge is -2.02. The Hall–Kier alpha value is 1.27. The Kier molecular flexibility index (Phi) is 3.92. The van der Waals surface area contributed by atoms with Crippen molar-refractivity contribution in [3.8, 4) is 0 Å². The van der Waals surface area contributed by atoms with Gasteiger partial charge in [0.25, 0.3) is 6.69 Å². The van der Waals surface area contributed by atoms with Gasteiger partial charge in [-0.2, -0.15) is 0 Å². The molecule has 0 nitrogen and oxygen atoms in total. The van der Waals surface area contributed by atoms with Crippen molar-refractivity contribution in [1.82, 2.24) is 0 Å². The molecule has 0 saturated heterocycles. The largest absolute Gasteiger partial charge is 0.282 e. The van der Waals surface area contributed by atoms with E-state index in [9.17, 15) is 0 Å². The predicted octanol–water partition coefficient (Wildman–Crippen LogP) is 2.61. The van der Waals surface area contributed by atoms with Crippen molar-refractivity contribution < 1.29 is 0 Å². The Bertz CT molecular complexity index is 73.3. The maximum Gasteiger partial charge on any atom is 0.282 e. The second-order valence-corrected chi connectivity index (χ2v) is 10.2. The van der Waals surface area contributed by atoms with Gasteiger partial charge < -0.3 is 0 Å². The molecule has 0 saturated carbocycles. The minimum absolute atomic E-state index is 0.817. The highest BCUT2D eigenvalue weighted by Crippen LogP contribution is 2.17. The third kappa shape index (κ3) is 3.82. The number of halogens is 3. The first-order valence-corrected chi connectivity index (χ1v) is 7.53. The van der Waals surface area contributed by atoms with Gasteiger partial charge in [-0.25, -0.2) is 0 Å². The normalized spacial score (nSPS) is 11.3. The molecule has 0 aromatic heterocycles. The van der Waals surface area contributed by atoms with Crippen LogP contribution in [0.25, 0.3) is 0 Å². The standard InChI is InChI=1S/C3H5Cl2ISi/c1-2-7(4,5)3-6/h2H,1,3H2. The molecule has 0 atom stereocenters. The highest BCUT2D eigenvalue weighted by molar-refractivity contribution is 14.1. The van der Waals surface area contributed by atoms with Gasteiger partial charge in [-0.3, -0.25) is 0 Å². The van der Waals surface area contributed by atoms with Crippen LogP contribution < -0.4 is 0 Å². The van der Waals surface area contributed by atoms with Crippen molar-refractivity contribution in [2.24, 2.45) is 0 Å². The monoisotopic (exact) mass is 266 g/mol. The molecule has 0 bridgehead atoms. The van der Waals surface area contributed by atoms with Crippen LogP contribution in [0.1, 0.15) is 0 Å². The summed E-state index contributed by atoms with van der Waals surface area (Å²) in [6, 6.07) is 0. The second kappa shape index (κ2) is 3.32. The van der Waals surface area contributed by atoms with Gasteiger partial charge in [0.2, 0.25) is 0 Å². The van der Waals surface area contributed by atoms with Crippen molar-refractivity contribution in [2.45, 2.75) is 0 Å². The van der Waals surface area contributed by atoms with Crippen molar-refractivity contribution in [2.75, 3.05) is 4.05 Å². The summed E-state index contributed by atoms with van der Waals surface area (Å²) in [6.45, 7) is 1.54. The lowest BCUT2D eigenvalue weighted by atomic mass is 11.3. The molecule has 0 fully saturated rings. The molecule has 0 heterocycles. The predicted molar refractivity (Wildman–Crippen MR) is 46.5 cm³/mol. The third-order valence-electron chi connectivity index (χ3n) is 0.477. The van der Waals surface area contributed by atoms with Crippen LogP contribution in [0.3, 0.4) is 0 Å². The van der Waals surface area contributed by atoms with Crippen molar-refractivity contribution >= 4 is 51.4 Å². The summed E-state index contributed by atoms with van der Waals surface area (Å²) in [5, 5.41) is 0. The molecule has 0 unspecified atom stereocenters. The summed E-state index contributed by atoms with van der Waals surface area (Å²) in [5.74, 6) is 0. The molecule has 0 N–H and O–H groups in total. The lowest BCUT2D eigenvalue weighted by Crippen LogP contribution is -2.17. The number of alkyl halides is 1. The molecule has 4 heteroatoms. The van der Waals surface area contributed by atoms with Crippen LogP contribution in [0.2, 0.25) is 0 Å². The van der Waals surface area contributed by atoms with Crippen molar-refractivity contribution in [3.05, 3.63) is 12.3 Å². The molecule has 0 radical (unpaired) electrons. The van der Waals surface area contributed by atoms with Crippen LogP contribution in [0.5, 0.6) is 0 Å². The quantitative estimate of drug-likeness (QED) is 0.312. The summed E-state index contributed by atoms with van der Waals surface area (Å²) in [7, 11) is 0. The van der Waals surface area contributed by atoms with E-state index < -0.39 is 6.69 Å². The van der Waals surface area contributed by atoms with Gasteiger partial charge in [-0.1, -0.05) is 28.3 Å². The summed E-state index contributed by atoms with van der Waals surface area (Å²) in [6.07, 6.45) is 0. The summed E-state index contributed by atoms with van der Waals surface area (Å²) in [4.78, 5) is 0. The van der Waals surface area contributed by atoms with Crippen LogP contribution >= 0.6 is 44.7 Å². The molecule has 0 aromatic carbocycles. The van der Waals surface area contributed by atoms with Crippen molar-refractivity contribution in [3.63, 3.8) is 0 Å². The average Bonchev–Trinajstić information content (AvgIpc) is 1.68. The van der Waals surface area contributed by atoms with E-state index in [1.54, 1.807) is 5.70 Å². The van der Waals surface area contributed by atoms with E-state index in [1.165, 1.54) is 0 Å². The Labute approximate surface area is 67.4 Å². The maximum absolute atomic E-state index is 5.68. The molecule has 0 aromatic rings. The zero-order valence-electron chi connectivity index (χ0n) is 3.63. The fourth-order valence-corrected chi connectivity index (χ4v) is 1.10. The topological polar surface area (TPSA) is 0 Å². The minimum atomic E-state index is -1.96. The third-order valence-corrected chi connectivity index (χ3v) is 9.47. The highest BCUT2D eigenvalue weighted by Gasteiger charge is 2.20. The Morgan fingerprint density at radius 3 is 2.14 bits per heavy atom. The van der Waals surface area contributed by atoms with Gasteiger partial charge in [0.05, 0.1) is 0 Å².